The minimum absolute atomic E-state index is 0.0521. The van der Waals surface area contributed by atoms with Gasteiger partial charge in [0.1, 0.15) is 12.4 Å². The van der Waals surface area contributed by atoms with Crippen molar-refractivity contribution in [3.8, 4) is 5.75 Å². The fraction of sp³-hybridized carbons (Fsp3) is 0.207. The Balaban J connectivity index is 1.28. The highest BCUT2D eigenvalue weighted by Gasteiger charge is 2.30. The first kappa shape index (κ1) is 28.7. The molecule has 3 aromatic rings. The van der Waals surface area contributed by atoms with Gasteiger partial charge in [-0.3, -0.25) is 14.5 Å². The number of hydrogen-bond donors (Lipinski definition) is 0. The Labute approximate surface area is 254 Å². The van der Waals surface area contributed by atoms with E-state index in [1.807, 2.05) is 36.4 Å². The number of amides is 2. The van der Waals surface area contributed by atoms with Crippen molar-refractivity contribution in [1.29, 1.82) is 0 Å². The number of nitrogens with zero attached hydrogens (tertiary/aromatic N) is 3. The number of rotatable bonds is 6. The van der Waals surface area contributed by atoms with Gasteiger partial charge in [-0.15, -0.1) is 0 Å². The number of carbonyl (C=O) groups is 2. The monoisotopic (exact) mass is 659 g/mol. The maximum atomic E-state index is 13.0. The molecule has 206 valence electrons. The Bertz CT molecular complexity index is 1520. The molecule has 2 saturated heterocycles. The number of morpholine rings is 1. The van der Waals surface area contributed by atoms with Crippen LogP contribution in [0, 0.1) is 0 Å². The average Bonchev–Trinajstić information content (AvgIpc) is 3.21. The molecule has 2 aliphatic heterocycles. The van der Waals surface area contributed by atoms with E-state index in [2.05, 4.69) is 20.9 Å². The molecule has 0 N–H and O–H groups in total. The normalized spacial score (nSPS) is 17.6. The van der Waals surface area contributed by atoms with Crippen molar-refractivity contribution in [3.63, 3.8) is 0 Å². The van der Waals surface area contributed by atoms with Crippen LogP contribution < -0.4 is 4.74 Å². The van der Waals surface area contributed by atoms with Crippen LogP contribution in [0.3, 0.4) is 0 Å². The molecule has 0 aromatic heterocycles. The van der Waals surface area contributed by atoms with Crippen LogP contribution in [0.2, 0.25) is 10.0 Å². The van der Waals surface area contributed by atoms with Crippen LogP contribution in [-0.2, 0) is 16.1 Å². The number of benzene rings is 3. The van der Waals surface area contributed by atoms with Crippen molar-refractivity contribution in [2.24, 2.45) is 4.99 Å². The number of amidine groups is 1. The predicted octanol–water partition coefficient (Wildman–Crippen LogP) is 7.04. The molecular formula is C29H24BrCl2N3O4S. The number of hydrogen-bond acceptors (Lipinski definition) is 6. The highest BCUT2D eigenvalue weighted by atomic mass is 79.9. The standard InChI is InChI=1S/C29H24BrCl2N3O4S/c1-34-28(37)26(14-18-5-8-25(23(30)13-18)39-17-20-6-7-21(31)16-24(20)32)40-29(34)33-22-4-2-3-19(15-22)27(36)35-9-11-38-12-10-35/h2-8,13-16H,9-12,17H2,1H3/b26-14+,33-29?. The minimum Gasteiger partial charge on any atom is -0.488 e. The fourth-order valence-corrected chi connectivity index (χ4v) is 6.05. The number of carbonyl (C=O) groups excluding carboxylic acids is 2. The lowest BCUT2D eigenvalue weighted by atomic mass is 10.1. The summed E-state index contributed by atoms with van der Waals surface area (Å²) in [5, 5.41) is 1.64. The summed E-state index contributed by atoms with van der Waals surface area (Å²) < 4.78 is 12.0. The minimum atomic E-state index is -0.155. The molecule has 0 bridgehead atoms. The SMILES string of the molecule is CN1C(=O)/C(=C\c2ccc(OCc3ccc(Cl)cc3Cl)c(Br)c2)SC1=Nc1cccc(C(=O)N2CCOCC2)c1. The largest absolute Gasteiger partial charge is 0.488 e. The van der Waals surface area contributed by atoms with E-state index in [0.717, 1.165) is 15.6 Å². The molecule has 0 atom stereocenters. The zero-order valence-corrected chi connectivity index (χ0v) is 25.3. The van der Waals surface area contributed by atoms with Gasteiger partial charge in [-0.2, -0.15) is 0 Å². The lowest BCUT2D eigenvalue weighted by Gasteiger charge is -2.26. The number of halogens is 3. The van der Waals surface area contributed by atoms with E-state index in [-0.39, 0.29) is 18.4 Å². The van der Waals surface area contributed by atoms with Crippen LogP contribution in [0.4, 0.5) is 5.69 Å². The molecule has 2 aliphatic rings. The lowest BCUT2D eigenvalue weighted by molar-refractivity contribution is -0.121. The molecule has 7 nitrogen and oxygen atoms in total. The molecule has 2 heterocycles. The molecule has 0 saturated carbocycles. The molecule has 3 aromatic carbocycles. The van der Waals surface area contributed by atoms with E-state index in [9.17, 15) is 9.59 Å². The van der Waals surface area contributed by atoms with E-state index >= 15 is 0 Å². The van der Waals surface area contributed by atoms with Crippen molar-refractivity contribution in [3.05, 3.63) is 96.8 Å². The van der Waals surface area contributed by atoms with E-state index in [1.165, 1.54) is 16.7 Å². The molecule has 11 heteroatoms. The molecule has 0 aliphatic carbocycles. The summed E-state index contributed by atoms with van der Waals surface area (Å²) in [5.41, 5.74) is 2.81. The number of thioether (sulfide) groups is 1. The Morgan fingerprint density at radius 3 is 2.67 bits per heavy atom. The van der Waals surface area contributed by atoms with Gasteiger partial charge in [0.25, 0.3) is 11.8 Å². The molecule has 2 amide bonds. The van der Waals surface area contributed by atoms with E-state index < -0.39 is 0 Å². The zero-order valence-electron chi connectivity index (χ0n) is 21.4. The second-order valence-corrected chi connectivity index (χ2v) is 11.7. The Hall–Kier alpha value is -2.82. The highest BCUT2D eigenvalue weighted by Crippen LogP contribution is 2.35. The van der Waals surface area contributed by atoms with Gasteiger partial charge in [-0.05, 0) is 81.8 Å². The zero-order chi connectivity index (χ0) is 28.2. The molecule has 40 heavy (non-hydrogen) atoms. The predicted molar refractivity (Wildman–Crippen MR) is 164 cm³/mol. The van der Waals surface area contributed by atoms with Crippen LogP contribution in [0.25, 0.3) is 6.08 Å². The van der Waals surface area contributed by atoms with Gasteiger partial charge in [-0.25, -0.2) is 4.99 Å². The average molecular weight is 661 g/mol. The van der Waals surface area contributed by atoms with Crippen LogP contribution >= 0.6 is 50.9 Å². The quantitative estimate of drug-likeness (QED) is 0.265. The summed E-state index contributed by atoms with van der Waals surface area (Å²) in [4.78, 5) is 34.3. The molecule has 0 unspecified atom stereocenters. The Morgan fingerprint density at radius 1 is 1.12 bits per heavy atom. The van der Waals surface area contributed by atoms with E-state index in [0.29, 0.717) is 63.4 Å². The summed E-state index contributed by atoms with van der Waals surface area (Å²) in [5.74, 6) is 0.436. The van der Waals surface area contributed by atoms with Gasteiger partial charge in [-0.1, -0.05) is 41.4 Å². The van der Waals surface area contributed by atoms with Crippen LogP contribution in [-0.4, -0.2) is 60.1 Å². The highest BCUT2D eigenvalue weighted by molar-refractivity contribution is 9.10. The van der Waals surface area contributed by atoms with Crippen molar-refractivity contribution < 1.29 is 19.1 Å². The van der Waals surface area contributed by atoms with Crippen molar-refractivity contribution >= 4 is 79.6 Å². The molecule has 0 spiro atoms. The third kappa shape index (κ3) is 6.72. The van der Waals surface area contributed by atoms with E-state index in [4.69, 9.17) is 32.7 Å². The molecular weight excluding hydrogens is 637 g/mol. The van der Waals surface area contributed by atoms with Crippen LogP contribution in [0.5, 0.6) is 5.75 Å². The fourth-order valence-electron chi connectivity index (χ4n) is 4.09. The maximum absolute atomic E-state index is 13.0. The van der Waals surface area contributed by atoms with Gasteiger partial charge in [0.2, 0.25) is 0 Å². The van der Waals surface area contributed by atoms with Gasteiger partial charge in [0.15, 0.2) is 5.17 Å². The summed E-state index contributed by atoms with van der Waals surface area (Å²) in [7, 11) is 1.69. The lowest BCUT2D eigenvalue weighted by Crippen LogP contribution is -2.40. The topological polar surface area (TPSA) is 71.4 Å². The first-order valence-electron chi connectivity index (χ1n) is 12.4. The number of ether oxygens (including phenoxy) is 2. The molecule has 5 rings (SSSR count). The summed E-state index contributed by atoms with van der Waals surface area (Å²) >= 11 is 17.1. The van der Waals surface area contributed by atoms with Crippen molar-refractivity contribution in [2.75, 3.05) is 33.4 Å². The summed E-state index contributed by atoms with van der Waals surface area (Å²) in [6, 6.07) is 18.0. The Morgan fingerprint density at radius 2 is 1.93 bits per heavy atom. The second kappa shape index (κ2) is 12.8. The van der Waals surface area contributed by atoms with Gasteiger partial charge in [0.05, 0.1) is 28.3 Å². The molecule has 2 fully saturated rings. The van der Waals surface area contributed by atoms with Crippen LogP contribution in [0.15, 0.2) is 75.0 Å². The summed E-state index contributed by atoms with van der Waals surface area (Å²) in [6.45, 7) is 2.50. The third-order valence-corrected chi connectivity index (χ3v) is 8.54. The Kier molecular flexibility index (Phi) is 9.17. The van der Waals surface area contributed by atoms with Gasteiger partial charge in [0, 0.05) is 41.3 Å². The summed E-state index contributed by atoms with van der Waals surface area (Å²) in [6.07, 6.45) is 1.81. The van der Waals surface area contributed by atoms with Gasteiger partial charge < -0.3 is 14.4 Å². The smallest absolute Gasteiger partial charge is 0.266 e. The van der Waals surface area contributed by atoms with Crippen molar-refractivity contribution in [2.45, 2.75) is 6.61 Å². The first-order chi connectivity index (χ1) is 19.3. The van der Waals surface area contributed by atoms with Gasteiger partial charge >= 0.3 is 0 Å². The molecule has 0 radical (unpaired) electrons. The van der Waals surface area contributed by atoms with Crippen molar-refractivity contribution in [1.82, 2.24) is 9.80 Å². The maximum Gasteiger partial charge on any atom is 0.266 e. The first-order valence-corrected chi connectivity index (χ1v) is 14.7. The number of aliphatic imine (C=N–C) groups is 1. The third-order valence-electron chi connectivity index (χ3n) is 6.27. The van der Waals surface area contributed by atoms with E-state index in [1.54, 1.807) is 42.3 Å². The second-order valence-electron chi connectivity index (χ2n) is 9.04. The van der Waals surface area contributed by atoms with Crippen LogP contribution in [0.1, 0.15) is 21.5 Å². The number of likely N-dealkylation sites (N-methyl/N-ethyl adjacent to an activating group) is 1.